The molecule has 160 valence electrons. The first-order valence-electron chi connectivity index (χ1n) is 9.27. The topological polar surface area (TPSA) is 105 Å². The summed E-state index contributed by atoms with van der Waals surface area (Å²) in [6.45, 7) is 2.42. The Labute approximate surface area is 168 Å². The van der Waals surface area contributed by atoms with Crippen LogP contribution in [0.25, 0.3) is 0 Å². The number of piperidine rings is 1. The molecule has 0 bridgehead atoms. The minimum absolute atomic E-state index is 0.0499. The molecule has 2 aliphatic rings. The number of sulfonamides is 1. The molecule has 1 N–H and O–H groups in total. The van der Waals surface area contributed by atoms with Crippen LogP contribution in [0.5, 0.6) is 5.75 Å². The fraction of sp³-hybridized carbons (Fsp3) is 0.556. The van der Waals surface area contributed by atoms with Gasteiger partial charge in [-0.05, 0) is 25.0 Å². The molecule has 0 radical (unpaired) electrons. The van der Waals surface area contributed by atoms with Crippen molar-refractivity contribution in [3.63, 3.8) is 0 Å². The van der Waals surface area contributed by atoms with E-state index in [1.54, 1.807) is 6.07 Å². The normalized spacial score (nSPS) is 21.1. The molecule has 29 heavy (non-hydrogen) atoms. The molecule has 2 fully saturated rings. The van der Waals surface area contributed by atoms with E-state index in [-0.39, 0.29) is 30.9 Å². The zero-order chi connectivity index (χ0) is 21.2. The van der Waals surface area contributed by atoms with Crippen molar-refractivity contribution in [3.8, 4) is 5.75 Å². The maximum atomic E-state index is 14.5. The van der Waals surface area contributed by atoms with Crippen LogP contribution in [0.3, 0.4) is 0 Å². The van der Waals surface area contributed by atoms with E-state index in [9.17, 15) is 22.4 Å². The standard InChI is InChI=1S/C18H24FN3O6S/c1-12(23)20-10-15-11-22(18(24)28-15)13-3-4-17(16(19)9-13)27-14-5-7-21(8-6-14)29(2,25)26/h3-4,9,14-15H,5-8,10-11H2,1-2H3,(H,20,23)/t15-/m0/s1. The number of nitrogens with zero attached hydrogens (tertiary/aromatic N) is 2. The first-order chi connectivity index (χ1) is 13.6. The highest BCUT2D eigenvalue weighted by Crippen LogP contribution is 2.29. The number of benzene rings is 1. The summed E-state index contributed by atoms with van der Waals surface area (Å²) in [6.07, 6.45) is 0.699. The fourth-order valence-corrected chi connectivity index (χ4v) is 4.18. The number of nitrogens with one attached hydrogen (secondary N) is 1. The first-order valence-corrected chi connectivity index (χ1v) is 11.1. The molecular formula is C18H24FN3O6S. The Morgan fingerprint density at radius 2 is 2.03 bits per heavy atom. The molecule has 0 aromatic heterocycles. The fourth-order valence-electron chi connectivity index (χ4n) is 3.31. The SMILES string of the molecule is CC(=O)NC[C@H]1CN(c2ccc(OC3CCN(S(C)(=O)=O)CC3)c(F)c2)C(=O)O1. The maximum absolute atomic E-state index is 14.5. The number of rotatable bonds is 6. The molecule has 1 aromatic carbocycles. The molecule has 0 spiro atoms. The molecule has 0 saturated carbocycles. The lowest BCUT2D eigenvalue weighted by atomic mass is 10.1. The van der Waals surface area contributed by atoms with Crippen LogP contribution >= 0.6 is 0 Å². The predicted octanol–water partition coefficient (Wildman–Crippen LogP) is 1.09. The summed E-state index contributed by atoms with van der Waals surface area (Å²) >= 11 is 0. The number of amides is 2. The second kappa shape index (κ2) is 8.54. The summed E-state index contributed by atoms with van der Waals surface area (Å²) < 4.78 is 49.9. The lowest BCUT2D eigenvalue weighted by molar-refractivity contribution is -0.119. The smallest absolute Gasteiger partial charge is 0.414 e. The van der Waals surface area contributed by atoms with Crippen LogP contribution < -0.4 is 15.0 Å². The van der Waals surface area contributed by atoms with Crippen LogP contribution in [0.15, 0.2) is 18.2 Å². The highest BCUT2D eigenvalue weighted by atomic mass is 32.2. The lowest BCUT2D eigenvalue weighted by Gasteiger charge is -2.30. The van der Waals surface area contributed by atoms with Crippen LogP contribution in [0.2, 0.25) is 0 Å². The van der Waals surface area contributed by atoms with Gasteiger partial charge >= 0.3 is 6.09 Å². The Morgan fingerprint density at radius 1 is 1.34 bits per heavy atom. The van der Waals surface area contributed by atoms with Gasteiger partial charge in [-0.2, -0.15) is 0 Å². The Hall–Kier alpha value is -2.40. The van der Waals surface area contributed by atoms with Crippen molar-refractivity contribution in [2.24, 2.45) is 0 Å². The maximum Gasteiger partial charge on any atom is 0.414 e. The lowest BCUT2D eigenvalue weighted by Crippen LogP contribution is -2.41. The quantitative estimate of drug-likeness (QED) is 0.726. The molecule has 2 heterocycles. The molecule has 3 rings (SSSR count). The van der Waals surface area contributed by atoms with Crippen LogP contribution in [-0.2, 0) is 19.6 Å². The summed E-state index contributed by atoms with van der Waals surface area (Å²) in [6, 6.07) is 4.21. The van der Waals surface area contributed by atoms with E-state index in [0.29, 0.717) is 31.6 Å². The molecule has 0 aliphatic carbocycles. The zero-order valence-corrected chi connectivity index (χ0v) is 17.1. The summed E-state index contributed by atoms with van der Waals surface area (Å²) in [5.41, 5.74) is 0.331. The van der Waals surface area contributed by atoms with Crippen molar-refractivity contribution >= 4 is 27.7 Å². The number of ether oxygens (including phenoxy) is 2. The third-order valence-corrected chi connectivity index (χ3v) is 6.15. The van der Waals surface area contributed by atoms with E-state index in [1.807, 2.05) is 0 Å². The molecular weight excluding hydrogens is 405 g/mol. The van der Waals surface area contributed by atoms with Gasteiger partial charge in [0.25, 0.3) is 0 Å². The van der Waals surface area contributed by atoms with Gasteiger partial charge in [-0.15, -0.1) is 0 Å². The average Bonchev–Trinajstić information content (AvgIpc) is 3.02. The van der Waals surface area contributed by atoms with Crippen molar-refractivity contribution in [2.45, 2.75) is 32.0 Å². The van der Waals surface area contributed by atoms with Gasteiger partial charge in [0.05, 0.1) is 25.0 Å². The number of carbonyl (C=O) groups is 2. The van der Waals surface area contributed by atoms with E-state index in [2.05, 4.69) is 5.32 Å². The van der Waals surface area contributed by atoms with Gasteiger partial charge in [0.1, 0.15) is 12.2 Å². The van der Waals surface area contributed by atoms with Crippen LogP contribution in [-0.4, -0.2) is 69.4 Å². The van der Waals surface area contributed by atoms with E-state index in [1.165, 1.54) is 28.3 Å². The molecule has 2 amide bonds. The van der Waals surface area contributed by atoms with E-state index in [0.717, 1.165) is 6.26 Å². The van der Waals surface area contributed by atoms with Crippen LogP contribution in [0.1, 0.15) is 19.8 Å². The molecule has 0 unspecified atom stereocenters. The van der Waals surface area contributed by atoms with Gasteiger partial charge in [0.2, 0.25) is 15.9 Å². The highest BCUT2D eigenvalue weighted by Gasteiger charge is 2.33. The van der Waals surface area contributed by atoms with Gasteiger partial charge in [-0.3, -0.25) is 9.69 Å². The number of hydrogen-bond donors (Lipinski definition) is 1. The van der Waals surface area contributed by atoms with Crippen LogP contribution in [0, 0.1) is 5.82 Å². The molecule has 1 aromatic rings. The van der Waals surface area contributed by atoms with Crippen LogP contribution in [0.4, 0.5) is 14.9 Å². The largest absolute Gasteiger partial charge is 0.487 e. The van der Waals surface area contributed by atoms with Gasteiger partial charge in [-0.1, -0.05) is 0 Å². The Morgan fingerprint density at radius 3 is 2.62 bits per heavy atom. The van der Waals surface area contributed by atoms with Gasteiger partial charge < -0.3 is 14.8 Å². The van der Waals surface area contributed by atoms with Gasteiger partial charge in [0, 0.05) is 26.1 Å². The minimum atomic E-state index is -3.23. The third-order valence-electron chi connectivity index (χ3n) is 4.84. The van der Waals surface area contributed by atoms with E-state index in [4.69, 9.17) is 9.47 Å². The molecule has 11 heteroatoms. The zero-order valence-electron chi connectivity index (χ0n) is 16.3. The number of anilines is 1. The second-order valence-corrected chi connectivity index (χ2v) is 9.13. The third kappa shape index (κ3) is 5.36. The number of carbonyl (C=O) groups excluding carboxylic acids is 2. The molecule has 1 atom stereocenters. The number of cyclic esters (lactones) is 1. The van der Waals surface area contributed by atoms with Crippen molar-refractivity contribution in [1.82, 2.24) is 9.62 Å². The second-order valence-electron chi connectivity index (χ2n) is 7.15. The van der Waals surface area contributed by atoms with Crippen molar-refractivity contribution < 1.29 is 31.9 Å². The minimum Gasteiger partial charge on any atom is -0.487 e. The highest BCUT2D eigenvalue weighted by molar-refractivity contribution is 7.88. The monoisotopic (exact) mass is 429 g/mol. The Bertz CT molecular complexity index is 886. The van der Waals surface area contributed by atoms with E-state index >= 15 is 0 Å². The number of hydrogen-bond acceptors (Lipinski definition) is 6. The summed E-state index contributed by atoms with van der Waals surface area (Å²) in [5.74, 6) is -0.797. The first kappa shape index (κ1) is 21.3. The van der Waals surface area contributed by atoms with Crippen molar-refractivity contribution in [1.29, 1.82) is 0 Å². The Kier molecular flexibility index (Phi) is 6.27. The van der Waals surface area contributed by atoms with Crippen molar-refractivity contribution in [2.75, 3.05) is 37.3 Å². The summed E-state index contributed by atoms with van der Waals surface area (Å²) in [7, 11) is -3.23. The van der Waals surface area contributed by atoms with Gasteiger partial charge in [0.15, 0.2) is 11.6 Å². The summed E-state index contributed by atoms with van der Waals surface area (Å²) in [4.78, 5) is 24.3. The Balaban J connectivity index is 1.59. The average molecular weight is 429 g/mol. The predicted molar refractivity (Wildman–Crippen MR) is 103 cm³/mol. The van der Waals surface area contributed by atoms with Crippen molar-refractivity contribution in [3.05, 3.63) is 24.0 Å². The van der Waals surface area contributed by atoms with Gasteiger partial charge in [-0.25, -0.2) is 21.9 Å². The molecule has 2 saturated heterocycles. The molecule has 2 aliphatic heterocycles. The number of halogens is 1. The summed E-state index contributed by atoms with van der Waals surface area (Å²) in [5, 5.41) is 2.58. The van der Waals surface area contributed by atoms with E-state index < -0.39 is 28.0 Å². The molecule has 9 nitrogen and oxygen atoms in total.